The van der Waals surface area contributed by atoms with Gasteiger partial charge in [0.1, 0.15) is 12.4 Å². The Kier molecular flexibility index (Phi) is 7.14. The fourth-order valence-corrected chi connectivity index (χ4v) is 2.39. The summed E-state index contributed by atoms with van der Waals surface area (Å²) >= 11 is 0. The third kappa shape index (κ3) is 5.71. The van der Waals surface area contributed by atoms with Crippen molar-refractivity contribution in [2.45, 2.75) is 26.4 Å². The lowest BCUT2D eigenvalue weighted by molar-refractivity contribution is -0.144. The largest absolute Gasteiger partial charge is 0.497 e. The van der Waals surface area contributed by atoms with Crippen molar-refractivity contribution in [3.05, 3.63) is 53.6 Å². The molecule has 0 N–H and O–H groups in total. The minimum Gasteiger partial charge on any atom is -0.497 e. The molecule has 0 spiro atoms. The monoisotopic (exact) mass is 344 g/mol. The molecule has 0 aliphatic carbocycles. The Morgan fingerprint density at radius 1 is 0.960 bits per heavy atom. The molecule has 0 saturated heterocycles. The normalized spacial score (nSPS) is 10.2. The Balaban J connectivity index is 1.85. The van der Waals surface area contributed by atoms with Crippen molar-refractivity contribution in [3.8, 4) is 17.2 Å². The van der Waals surface area contributed by atoms with Gasteiger partial charge in [0.25, 0.3) is 0 Å². The van der Waals surface area contributed by atoms with E-state index in [0.29, 0.717) is 30.9 Å². The van der Waals surface area contributed by atoms with E-state index < -0.39 is 0 Å². The van der Waals surface area contributed by atoms with Gasteiger partial charge >= 0.3 is 5.97 Å². The van der Waals surface area contributed by atoms with Gasteiger partial charge in [-0.3, -0.25) is 4.79 Å². The summed E-state index contributed by atoms with van der Waals surface area (Å²) in [7, 11) is 3.21. The van der Waals surface area contributed by atoms with Crippen LogP contribution in [0.3, 0.4) is 0 Å². The van der Waals surface area contributed by atoms with Gasteiger partial charge in [0, 0.05) is 6.42 Å². The van der Waals surface area contributed by atoms with E-state index in [1.54, 1.807) is 14.2 Å². The molecule has 5 nitrogen and oxygen atoms in total. The molecule has 2 aromatic rings. The Morgan fingerprint density at radius 2 is 1.80 bits per heavy atom. The van der Waals surface area contributed by atoms with E-state index in [2.05, 4.69) is 0 Å². The quantitative estimate of drug-likeness (QED) is 0.648. The first-order valence-corrected chi connectivity index (χ1v) is 8.24. The molecule has 0 saturated carbocycles. The lowest BCUT2D eigenvalue weighted by Gasteiger charge is -2.11. The highest BCUT2D eigenvalue weighted by Gasteiger charge is 2.08. The van der Waals surface area contributed by atoms with Gasteiger partial charge in [-0.1, -0.05) is 18.2 Å². The van der Waals surface area contributed by atoms with Gasteiger partial charge in [0.15, 0.2) is 11.5 Å². The fraction of sp³-hybridized carbons (Fsp3) is 0.350. The molecule has 0 amide bonds. The Bertz CT molecular complexity index is 696. The molecule has 0 aliphatic rings. The number of hydrogen-bond donors (Lipinski definition) is 0. The first-order valence-electron chi connectivity index (χ1n) is 8.24. The number of benzene rings is 2. The molecule has 0 unspecified atom stereocenters. The molecule has 25 heavy (non-hydrogen) atoms. The van der Waals surface area contributed by atoms with Gasteiger partial charge in [0.2, 0.25) is 0 Å². The molecule has 0 heterocycles. The molecule has 0 fully saturated rings. The number of carbonyl (C=O) groups excluding carboxylic acids is 1. The molecule has 5 heteroatoms. The predicted octanol–water partition coefficient (Wildman–Crippen LogP) is 3.78. The SMILES string of the molecule is CCOc1ccc(COC(=O)CCc2cccc(OC)c2)cc1OC. The van der Waals surface area contributed by atoms with Crippen LogP contribution in [0.2, 0.25) is 0 Å². The average Bonchev–Trinajstić information content (AvgIpc) is 2.65. The van der Waals surface area contributed by atoms with Gasteiger partial charge in [-0.05, 0) is 48.7 Å². The summed E-state index contributed by atoms with van der Waals surface area (Å²) in [6.45, 7) is 2.69. The van der Waals surface area contributed by atoms with Crippen LogP contribution in [0, 0.1) is 0 Å². The molecule has 0 aliphatic heterocycles. The number of hydrogen-bond acceptors (Lipinski definition) is 5. The smallest absolute Gasteiger partial charge is 0.306 e. The summed E-state index contributed by atoms with van der Waals surface area (Å²) in [5.74, 6) is 1.85. The maximum atomic E-state index is 12.0. The number of rotatable bonds is 9. The number of esters is 1. The number of methoxy groups -OCH3 is 2. The molecule has 0 bridgehead atoms. The third-order valence-corrected chi connectivity index (χ3v) is 3.68. The highest BCUT2D eigenvalue weighted by atomic mass is 16.5. The maximum Gasteiger partial charge on any atom is 0.306 e. The molecule has 2 rings (SSSR count). The second-order valence-electron chi connectivity index (χ2n) is 5.43. The molecule has 0 atom stereocenters. The van der Waals surface area contributed by atoms with Crippen LogP contribution in [0.1, 0.15) is 24.5 Å². The second-order valence-corrected chi connectivity index (χ2v) is 5.43. The zero-order valence-corrected chi connectivity index (χ0v) is 14.9. The number of aryl methyl sites for hydroxylation is 1. The molecule has 134 valence electrons. The summed E-state index contributed by atoms with van der Waals surface area (Å²) < 4.78 is 21.3. The van der Waals surface area contributed by atoms with E-state index >= 15 is 0 Å². The van der Waals surface area contributed by atoms with Crippen molar-refractivity contribution < 1.29 is 23.7 Å². The van der Waals surface area contributed by atoms with Crippen LogP contribution in [-0.2, 0) is 22.6 Å². The van der Waals surface area contributed by atoms with Crippen LogP contribution in [0.25, 0.3) is 0 Å². The first-order chi connectivity index (χ1) is 12.2. The van der Waals surface area contributed by atoms with Gasteiger partial charge in [0.05, 0.1) is 20.8 Å². The predicted molar refractivity (Wildman–Crippen MR) is 95.3 cm³/mol. The fourth-order valence-electron chi connectivity index (χ4n) is 2.39. The van der Waals surface area contributed by atoms with Crippen LogP contribution in [0.5, 0.6) is 17.2 Å². The lowest BCUT2D eigenvalue weighted by atomic mass is 10.1. The average molecular weight is 344 g/mol. The molecule has 0 radical (unpaired) electrons. The highest BCUT2D eigenvalue weighted by molar-refractivity contribution is 5.69. The van der Waals surface area contributed by atoms with Gasteiger partial charge < -0.3 is 18.9 Å². The van der Waals surface area contributed by atoms with Crippen LogP contribution in [-0.4, -0.2) is 26.8 Å². The topological polar surface area (TPSA) is 54.0 Å². The van der Waals surface area contributed by atoms with Crippen molar-refractivity contribution in [1.29, 1.82) is 0 Å². The van der Waals surface area contributed by atoms with E-state index in [1.165, 1.54) is 0 Å². The Hall–Kier alpha value is -2.69. The highest BCUT2D eigenvalue weighted by Crippen LogP contribution is 2.28. The van der Waals surface area contributed by atoms with Gasteiger partial charge in [-0.15, -0.1) is 0 Å². The first kappa shape index (κ1) is 18.6. The van der Waals surface area contributed by atoms with Crippen LogP contribution >= 0.6 is 0 Å². The van der Waals surface area contributed by atoms with Crippen LogP contribution in [0.4, 0.5) is 0 Å². The molecule has 0 aromatic heterocycles. The minimum atomic E-state index is -0.240. The summed E-state index contributed by atoms with van der Waals surface area (Å²) in [6.07, 6.45) is 0.934. The van der Waals surface area contributed by atoms with Crippen LogP contribution in [0.15, 0.2) is 42.5 Å². The molecule has 2 aromatic carbocycles. The zero-order valence-electron chi connectivity index (χ0n) is 14.9. The van der Waals surface area contributed by atoms with Gasteiger partial charge in [-0.25, -0.2) is 0 Å². The number of carbonyl (C=O) groups is 1. The summed E-state index contributed by atoms with van der Waals surface area (Å²) in [6, 6.07) is 13.2. The van der Waals surface area contributed by atoms with E-state index in [1.807, 2.05) is 49.4 Å². The number of ether oxygens (including phenoxy) is 4. The van der Waals surface area contributed by atoms with Crippen molar-refractivity contribution in [3.63, 3.8) is 0 Å². The Labute approximate surface area is 148 Å². The second kappa shape index (κ2) is 9.57. The zero-order chi connectivity index (χ0) is 18.1. The molecular formula is C20H24O5. The Morgan fingerprint density at radius 3 is 2.52 bits per heavy atom. The standard InChI is InChI=1S/C20H24O5/c1-4-24-18-10-8-16(13-19(18)23-3)14-25-20(21)11-9-15-6-5-7-17(12-15)22-2/h5-8,10,12-13H,4,9,11,14H2,1-3H3. The van der Waals surface area contributed by atoms with E-state index in [0.717, 1.165) is 16.9 Å². The van der Waals surface area contributed by atoms with E-state index in [9.17, 15) is 4.79 Å². The van der Waals surface area contributed by atoms with E-state index in [-0.39, 0.29) is 12.6 Å². The minimum absolute atomic E-state index is 0.208. The van der Waals surface area contributed by atoms with Crippen molar-refractivity contribution in [2.24, 2.45) is 0 Å². The van der Waals surface area contributed by atoms with Crippen molar-refractivity contribution >= 4 is 5.97 Å². The lowest BCUT2D eigenvalue weighted by Crippen LogP contribution is -2.06. The van der Waals surface area contributed by atoms with Crippen molar-refractivity contribution in [1.82, 2.24) is 0 Å². The summed E-state index contributed by atoms with van der Waals surface area (Å²) in [5.41, 5.74) is 1.90. The summed E-state index contributed by atoms with van der Waals surface area (Å²) in [4.78, 5) is 12.0. The van der Waals surface area contributed by atoms with Crippen LogP contribution < -0.4 is 14.2 Å². The third-order valence-electron chi connectivity index (χ3n) is 3.68. The van der Waals surface area contributed by atoms with Gasteiger partial charge in [-0.2, -0.15) is 0 Å². The van der Waals surface area contributed by atoms with E-state index in [4.69, 9.17) is 18.9 Å². The maximum absolute atomic E-state index is 12.0. The summed E-state index contributed by atoms with van der Waals surface area (Å²) in [5, 5.41) is 0. The van der Waals surface area contributed by atoms with Crippen molar-refractivity contribution in [2.75, 3.05) is 20.8 Å². The molecular weight excluding hydrogens is 320 g/mol.